The molecule has 0 saturated heterocycles. The van der Waals surface area contributed by atoms with Crippen molar-refractivity contribution in [1.29, 1.82) is 5.26 Å². The number of nitriles is 1. The van der Waals surface area contributed by atoms with Crippen molar-refractivity contribution in [2.24, 2.45) is 5.84 Å². The first-order valence-corrected chi connectivity index (χ1v) is 4.54. The number of halogens is 3. The van der Waals surface area contributed by atoms with Gasteiger partial charge in [0.1, 0.15) is 6.07 Å². The van der Waals surface area contributed by atoms with Crippen LogP contribution in [0.15, 0.2) is 23.1 Å². The third-order valence-electron chi connectivity index (χ3n) is 1.49. The fourth-order valence-corrected chi connectivity index (χ4v) is 1.57. The molecule has 0 aliphatic heterocycles. The van der Waals surface area contributed by atoms with E-state index in [2.05, 4.69) is 5.43 Å². The Morgan fingerprint density at radius 3 is 2.53 bits per heavy atom. The summed E-state index contributed by atoms with van der Waals surface area (Å²) in [6, 6.07) is 5.57. The number of anilines is 1. The molecule has 0 atom stereocenters. The molecule has 1 aromatic carbocycles. The molecule has 3 N–H and O–H groups in total. The number of benzene rings is 1. The Balaban J connectivity index is 3.08. The molecule has 0 heterocycles. The lowest BCUT2D eigenvalue weighted by Gasteiger charge is -2.08. The van der Waals surface area contributed by atoms with Gasteiger partial charge in [-0.3, -0.25) is 5.84 Å². The van der Waals surface area contributed by atoms with Crippen molar-refractivity contribution in [3.8, 4) is 6.07 Å². The Morgan fingerprint density at radius 2 is 2.07 bits per heavy atom. The van der Waals surface area contributed by atoms with Gasteiger partial charge in [-0.05, 0) is 30.0 Å². The summed E-state index contributed by atoms with van der Waals surface area (Å²) >= 11 is -0.337. The van der Waals surface area contributed by atoms with Crippen LogP contribution in [-0.4, -0.2) is 5.51 Å². The summed E-state index contributed by atoms with van der Waals surface area (Å²) in [4.78, 5) is -0.166. The highest BCUT2D eigenvalue weighted by Crippen LogP contribution is 2.39. The Hall–Kier alpha value is -1.39. The van der Waals surface area contributed by atoms with Gasteiger partial charge in [0.2, 0.25) is 0 Å². The van der Waals surface area contributed by atoms with Crippen LogP contribution >= 0.6 is 11.8 Å². The van der Waals surface area contributed by atoms with E-state index >= 15 is 0 Å². The first-order chi connectivity index (χ1) is 6.96. The van der Waals surface area contributed by atoms with E-state index in [0.717, 1.165) is 0 Å². The molecule has 80 valence electrons. The van der Waals surface area contributed by atoms with Crippen molar-refractivity contribution in [3.05, 3.63) is 23.8 Å². The number of hydrogen-bond acceptors (Lipinski definition) is 4. The van der Waals surface area contributed by atoms with E-state index in [9.17, 15) is 13.2 Å². The zero-order valence-electron chi connectivity index (χ0n) is 7.30. The summed E-state index contributed by atoms with van der Waals surface area (Å²) in [5.74, 6) is 5.05. The standard InChI is InChI=1S/C8H6F3N3S/c9-8(10,11)15-7-3-6(14-13)2-1-5(7)4-12/h1-3,14H,13H2. The summed E-state index contributed by atoms with van der Waals surface area (Å²) in [6.07, 6.45) is 0. The average Bonchev–Trinajstić information content (AvgIpc) is 2.15. The monoisotopic (exact) mass is 233 g/mol. The lowest BCUT2D eigenvalue weighted by molar-refractivity contribution is -0.0328. The van der Waals surface area contributed by atoms with Gasteiger partial charge in [0, 0.05) is 10.6 Å². The highest BCUT2D eigenvalue weighted by molar-refractivity contribution is 8.00. The number of rotatable bonds is 2. The normalized spacial score (nSPS) is 10.9. The van der Waals surface area contributed by atoms with Gasteiger partial charge in [0.25, 0.3) is 0 Å². The minimum Gasteiger partial charge on any atom is -0.324 e. The maximum atomic E-state index is 12.1. The summed E-state index contributed by atoms with van der Waals surface area (Å²) in [6.45, 7) is 0. The first kappa shape index (κ1) is 11.7. The van der Waals surface area contributed by atoms with E-state index in [1.807, 2.05) is 0 Å². The molecule has 7 heteroatoms. The van der Waals surface area contributed by atoms with Crippen LogP contribution in [-0.2, 0) is 0 Å². The molecule has 0 aromatic heterocycles. The van der Waals surface area contributed by atoms with E-state index in [-0.39, 0.29) is 22.2 Å². The van der Waals surface area contributed by atoms with Crippen LogP contribution in [0.4, 0.5) is 18.9 Å². The third kappa shape index (κ3) is 3.34. The predicted octanol–water partition coefficient (Wildman–Crippen LogP) is 2.46. The molecule has 1 rings (SSSR count). The zero-order chi connectivity index (χ0) is 11.5. The van der Waals surface area contributed by atoms with E-state index in [1.165, 1.54) is 18.2 Å². The minimum atomic E-state index is -4.42. The average molecular weight is 233 g/mol. The van der Waals surface area contributed by atoms with Gasteiger partial charge in [0.15, 0.2) is 0 Å². The van der Waals surface area contributed by atoms with Crippen LogP contribution < -0.4 is 11.3 Å². The zero-order valence-corrected chi connectivity index (χ0v) is 8.12. The molecule has 1 aromatic rings. The molecular weight excluding hydrogens is 227 g/mol. The molecule has 0 unspecified atom stereocenters. The summed E-state index contributed by atoms with van der Waals surface area (Å²) in [5.41, 5.74) is -1.91. The van der Waals surface area contributed by atoms with Gasteiger partial charge in [0.05, 0.1) is 5.56 Å². The lowest BCUT2D eigenvalue weighted by atomic mass is 10.2. The highest BCUT2D eigenvalue weighted by Gasteiger charge is 2.30. The molecule has 3 nitrogen and oxygen atoms in total. The topological polar surface area (TPSA) is 61.8 Å². The van der Waals surface area contributed by atoms with Crippen LogP contribution in [0, 0.1) is 11.3 Å². The molecule has 0 saturated carbocycles. The van der Waals surface area contributed by atoms with Crippen molar-refractivity contribution < 1.29 is 13.2 Å². The SMILES string of the molecule is N#Cc1ccc(NN)cc1SC(F)(F)F. The Labute approximate surface area is 88.0 Å². The Bertz CT molecular complexity index is 397. The van der Waals surface area contributed by atoms with Gasteiger partial charge in [-0.1, -0.05) is 0 Å². The molecular formula is C8H6F3N3S. The van der Waals surface area contributed by atoms with Crippen molar-refractivity contribution in [2.75, 3.05) is 5.43 Å². The van der Waals surface area contributed by atoms with Crippen LogP contribution in [0.1, 0.15) is 5.56 Å². The molecule has 0 bridgehead atoms. The molecule has 15 heavy (non-hydrogen) atoms. The largest absolute Gasteiger partial charge is 0.446 e. The first-order valence-electron chi connectivity index (χ1n) is 3.73. The summed E-state index contributed by atoms with van der Waals surface area (Å²) in [5, 5.41) is 8.60. The van der Waals surface area contributed by atoms with Crippen LogP contribution in [0.5, 0.6) is 0 Å². The van der Waals surface area contributed by atoms with Crippen LogP contribution in [0.25, 0.3) is 0 Å². The van der Waals surface area contributed by atoms with Crippen LogP contribution in [0.3, 0.4) is 0 Å². The number of hydrogen-bond donors (Lipinski definition) is 2. The second-order valence-electron chi connectivity index (χ2n) is 2.51. The van der Waals surface area contributed by atoms with E-state index in [0.29, 0.717) is 5.69 Å². The van der Waals surface area contributed by atoms with Crippen molar-refractivity contribution in [1.82, 2.24) is 0 Å². The Morgan fingerprint density at radius 1 is 1.40 bits per heavy atom. The van der Waals surface area contributed by atoms with Gasteiger partial charge < -0.3 is 5.43 Å². The van der Waals surface area contributed by atoms with Crippen molar-refractivity contribution in [3.63, 3.8) is 0 Å². The quantitative estimate of drug-likeness (QED) is 0.468. The fraction of sp³-hybridized carbons (Fsp3) is 0.125. The Kier molecular flexibility index (Phi) is 3.44. The van der Waals surface area contributed by atoms with E-state index in [4.69, 9.17) is 11.1 Å². The molecule has 0 aliphatic carbocycles. The van der Waals surface area contributed by atoms with Gasteiger partial charge in [-0.25, -0.2) is 0 Å². The number of hydrazine groups is 1. The smallest absolute Gasteiger partial charge is 0.324 e. The predicted molar refractivity (Wildman–Crippen MR) is 50.9 cm³/mol. The molecule has 0 spiro atoms. The van der Waals surface area contributed by atoms with Crippen LogP contribution in [0.2, 0.25) is 0 Å². The second-order valence-corrected chi connectivity index (χ2v) is 3.62. The maximum Gasteiger partial charge on any atom is 0.446 e. The lowest BCUT2D eigenvalue weighted by Crippen LogP contribution is -2.07. The van der Waals surface area contributed by atoms with Gasteiger partial charge >= 0.3 is 5.51 Å². The summed E-state index contributed by atoms with van der Waals surface area (Å²) in [7, 11) is 0. The number of nitrogen functional groups attached to an aromatic ring is 1. The van der Waals surface area contributed by atoms with E-state index in [1.54, 1.807) is 6.07 Å². The van der Waals surface area contributed by atoms with E-state index < -0.39 is 5.51 Å². The molecule has 0 aliphatic rings. The third-order valence-corrected chi connectivity index (χ3v) is 2.28. The maximum absolute atomic E-state index is 12.1. The molecule has 0 radical (unpaired) electrons. The fourth-order valence-electron chi connectivity index (χ4n) is 0.914. The van der Waals surface area contributed by atoms with Gasteiger partial charge in [-0.15, -0.1) is 0 Å². The van der Waals surface area contributed by atoms with Crippen molar-refractivity contribution in [2.45, 2.75) is 10.4 Å². The number of nitrogens with one attached hydrogen (secondary N) is 1. The molecule has 0 fully saturated rings. The number of thioether (sulfide) groups is 1. The second kappa shape index (κ2) is 4.42. The van der Waals surface area contributed by atoms with Crippen molar-refractivity contribution >= 4 is 17.4 Å². The summed E-state index contributed by atoms with van der Waals surface area (Å²) < 4.78 is 36.3. The van der Waals surface area contributed by atoms with Gasteiger partial charge in [-0.2, -0.15) is 18.4 Å². The minimum absolute atomic E-state index is 0.0312. The number of nitrogens with zero attached hydrogens (tertiary/aromatic N) is 1. The highest BCUT2D eigenvalue weighted by atomic mass is 32.2. The number of alkyl halides is 3. The molecule has 0 amide bonds. The number of nitrogens with two attached hydrogens (primary N) is 1.